The van der Waals surface area contributed by atoms with E-state index in [9.17, 15) is 0 Å². The maximum absolute atomic E-state index is 6.24. The fourth-order valence-electron chi connectivity index (χ4n) is 2.91. The van der Waals surface area contributed by atoms with Crippen LogP contribution in [0.15, 0.2) is 65.1 Å². The first-order chi connectivity index (χ1) is 14.1. The van der Waals surface area contributed by atoms with Gasteiger partial charge >= 0.3 is 0 Å². The van der Waals surface area contributed by atoms with Crippen molar-refractivity contribution in [3.05, 3.63) is 92.4 Å². The average Bonchev–Trinajstić information content (AvgIpc) is 2.71. The second-order valence-electron chi connectivity index (χ2n) is 6.79. The molecule has 1 N–H and O–H groups in total. The normalized spacial score (nSPS) is 10.8. The summed E-state index contributed by atoms with van der Waals surface area (Å²) in [6, 6.07) is 20.2. The molecule has 0 atom stereocenters. The third kappa shape index (κ3) is 6.23. The predicted molar refractivity (Wildman–Crippen MR) is 123 cm³/mol. The molecule has 0 aliphatic rings. The molecule has 0 bridgehead atoms. The van der Waals surface area contributed by atoms with Crippen LogP contribution >= 0.6 is 27.5 Å². The zero-order chi connectivity index (χ0) is 20.6. The summed E-state index contributed by atoms with van der Waals surface area (Å²) in [6.45, 7) is 6.55. The zero-order valence-corrected chi connectivity index (χ0v) is 19.0. The highest BCUT2D eigenvalue weighted by Gasteiger charge is 2.12. The summed E-state index contributed by atoms with van der Waals surface area (Å²) in [6.07, 6.45) is 0. The second-order valence-corrected chi connectivity index (χ2v) is 8.05. The molecule has 0 aromatic heterocycles. The Bertz CT molecular complexity index is 944. The van der Waals surface area contributed by atoms with Crippen molar-refractivity contribution >= 4 is 27.5 Å². The number of halogens is 2. The van der Waals surface area contributed by atoms with Crippen molar-refractivity contribution in [3.63, 3.8) is 0 Å². The smallest absolute Gasteiger partial charge is 0.162 e. The van der Waals surface area contributed by atoms with E-state index in [0.29, 0.717) is 24.0 Å². The fraction of sp³-hybridized carbons (Fsp3) is 0.250. The van der Waals surface area contributed by atoms with Gasteiger partial charge in [0, 0.05) is 28.1 Å². The number of hydrogen-bond acceptors (Lipinski definition) is 3. The molecule has 3 rings (SSSR count). The van der Waals surface area contributed by atoms with Gasteiger partial charge in [-0.1, -0.05) is 75.6 Å². The van der Waals surface area contributed by atoms with Gasteiger partial charge in [0.15, 0.2) is 11.5 Å². The van der Waals surface area contributed by atoms with E-state index >= 15 is 0 Å². The lowest BCUT2D eigenvalue weighted by molar-refractivity contribution is 0.269. The molecule has 5 heteroatoms. The number of nitrogens with one attached hydrogen (secondary N) is 1. The van der Waals surface area contributed by atoms with Crippen molar-refractivity contribution in [2.24, 2.45) is 0 Å². The Kier molecular flexibility index (Phi) is 7.99. The molecule has 3 aromatic carbocycles. The summed E-state index contributed by atoms with van der Waals surface area (Å²) < 4.78 is 12.8. The van der Waals surface area contributed by atoms with Crippen LogP contribution in [0.3, 0.4) is 0 Å². The van der Waals surface area contributed by atoms with Crippen LogP contribution in [0.2, 0.25) is 5.02 Å². The molecule has 0 unspecified atom stereocenters. The van der Waals surface area contributed by atoms with Gasteiger partial charge < -0.3 is 14.8 Å². The van der Waals surface area contributed by atoms with E-state index in [2.05, 4.69) is 52.4 Å². The van der Waals surface area contributed by atoms with Crippen LogP contribution in [0.5, 0.6) is 11.5 Å². The van der Waals surface area contributed by atoms with Gasteiger partial charge in [-0.15, -0.1) is 0 Å². The van der Waals surface area contributed by atoms with Gasteiger partial charge in [0.2, 0.25) is 0 Å². The van der Waals surface area contributed by atoms with Crippen molar-refractivity contribution < 1.29 is 9.47 Å². The summed E-state index contributed by atoms with van der Waals surface area (Å²) in [5, 5.41) is 4.18. The van der Waals surface area contributed by atoms with E-state index < -0.39 is 0 Å². The molecule has 0 amide bonds. The van der Waals surface area contributed by atoms with Crippen LogP contribution in [0.1, 0.15) is 29.2 Å². The molecule has 3 aromatic rings. The monoisotopic (exact) mass is 473 g/mol. The lowest BCUT2D eigenvalue weighted by Crippen LogP contribution is -2.13. The Morgan fingerprint density at radius 3 is 2.34 bits per heavy atom. The van der Waals surface area contributed by atoms with Crippen LogP contribution < -0.4 is 14.8 Å². The van der Waals surface area contributed by atoms with Gasteiger partial charge in [-0.2, -0.15) is 0 Å². The lowest BCUT2D eigenvalue weighted by atomic mass is 10.1. The molecule has 0 heterocycles. The lowest BCUT2D eigenvalue weighted by Gasteiger charge is -2.16. The van der Waals surface area contributed by atoms with Crippen LogP contribution in [0.4, 0.5) is 0 Å². The largest absolute Gasteiger partial charge is 0.490 e. The van der Waals surface area contributed by atoms with Crippen molar-refractivity contribution in [3.8, 4) is 11.5 Å². The number of hydrogen-bond donors (Lipinski definition) is 1. The van der Waals surface area contributed by atoms with E-state index in [1.807, 2.05) is 43.3 Å². The summed E-state index contributed by atoms with van der Waals surface area (Å²) in [4.78, 5) is 0. The molecule has 152 valence electrons. The third-order valence-electron chi connectivity index (χ3n) is 4.52. The number of ether oxygens (including phenoxy) is 2. The molecule has 3 nitrogen and oxygen atoms in total. The Labute approximate surface area is 186 Å². The Hall–Kier alpha value is -2.01. The number of aryl methyl sites for hydroxylation is 1. The minimum atomic E-state index is 0.386. The molecule has 0 saturated heterocycles. The third-order valence-corrected chi connectivity index (χ3v) is 5.63. The minimum absolute atomic E-state index is 0.386. The van der Waals surface area contributed by atoms with Gasteiger partial charge in [0.05, 0.1) is 6.61 Å². The van der Waals surface area contributed by atoms with E-state index in [4.69, 9.17) is 21.1 Å². The first kappa shape index (κ1) is 21.7. The van der Waals surface area contributed by atoms with Crippen molar-refractivity contribution in [1.29, 1.82) is 0 Å². The minimum Gasteiger partial charge on any atom is -0.490 e. The summed E-state index contributed by atoms with van der Waals surface area (Å²) in [5.41, 5.74) is 4.59. The predicted octanol–water partition coefficient (Wildman–Crippen LogP) is 6.68. The quantitative estimate of drug-likeness (QED) is 0.375. The highest BCUT2D eigenvalue weighted by atomic mass is 79.9. The fourth-order valence-corrected chi connectivity index (χ4v) is 3.57. The first-order valence-electron chi connectivity index (χ1n) is 9.64. The van der Waals surface area contributed by atoms with E-state index in [1.165, 1.54) is 11.1 Å². The zero-order valence-electron chi connectivity index (χ0n) is 16.7. The molecule has 0 aliphatic heterocycles. The van der Waals surface area contributed by atoms with Crippen molar-refractivity contribution in [2.75, 3.05) is 6.61 Å². The summed E-state index contributed by atoms with van der Waals surface area (Å²) in [7, 11) is 0. The maximum atomic E-state index is 6.24. The molecule has 0 aliphatic carbocycles. The SMILES string of the molecule is CCOc1cc(CNCc2ccc(C)cc2)c(Br)cc1OCc1ccccc1Cl. The molecular weight excluding hydrogens is 450 g/mol. The van der Waals surface area contributed by atoms with Crippen molar-refractivity contribution in [2.45, 2.75) is 33.5 Å². The summed E-state index contributed by atoms with van der Waals surface area (Å²) in [5.74, 6) is 1.43. The van der Waals surface area contributed by atoms with E-state index in [1.54, 1.807) is 0 Å². The highest BCUT2D eigenvalue weighted by Crippen LogP contribution is 2.35. The van der Waals surface area contributed by atoms with Crippen LogP contribution in [0, 0.1) is 6.92 Å². The Balaban J connectivity index is 1.68. The highest BCUT2D eigenvalue weighted by molar-refractivity contribution is 9.10. The van der Waals surface area contributed by atoms with E-state index in [0.717, 1.165) is 34.4 Å². The molecule has 0 spiro atoms. The van der Waals surface area contributed by atoms with Gasteiger partial charge in [-0.3, -0.25) is 0 Å². The Morgan fingerprint density at radius 1 is 0.897 bits per heavy atom. The van der Waals surface area contributed by atoms with Gasteiger partial charge in [0.1, 0.15) is 6.61 Å². The number of rotatable bonds is 9. The average molecular weight is 475 g/mol. The molecule has 0 radical (unpaired) electrons. The Morgan fingerprint density at radius 2 is 1.62 bits per heavy atom. The second kappa shape index (κ2) is 10.7. The number of benzene rings is 3. The van der Waals surface area contributed by atoms with Crippen LogP contribution in [0.25, 0.3) is 0 Å². The van der Waals surface area contributed by atoms with E-state index in [-0.39, 0.29) is 0 Å². The van der Waals surface area contributed by atoms with Crippen molar-refractivity contribution in [1.82, 2.24) is 5.32 Å². The standard InChI is InChI=1S/C24H25BrClNO2/c1-3-28-23-12-20(15-27-14-18-10-8-17(2)9-11-18)21(25)13-24(23)29-16-19-6-4-5-7-22(19)26/h4-13,27H,3,14-16H2,1-2H3. The van der Waals surface area contributed by atoms with Crippen LogP contribution in [-0.4, -0.2) is 6.61 Å². The van der Waals surface area contributed by atoms with Gasteiger partial charge in [-0.05, 0) is 43.2 Å². The molecule has 29 heavy (non-hydrogen) atoms. The first-order valence-corrected chi connectivity index (χ1v) is 10.8. The summed E-state index contributed by atoms with van der Waals surface area (Å²) >= 11 is 9.90. The molecule has 0 fully saturated rings. The topological polar surface area (TPSA) is 30.5 Å². The van der Waals surface area contributed by atoms with Gasteiger partial charge in [-0.25, -0.2) is 0 Å². The molecule has 0 saturated carbocycles. The van der Waals surface area contributed by atoms with Crippen LogP contribution in [-0.2, 0) is 19.7 Å². The molecular formula is C24H25BrClNO2. The maximum Gasteiger partial charge on any atom is 0.162 e. The van der Waals surface area contributed by atoms with Gasteiger partial charge in [0.25, 0.3) is 0 Å².